The van der Waals surface area contributed by atoms with Gasteiger partial charge in [-0.25, -0.2) is 13.2 Å². The summed E-state index contributed by atoms with van der Waals surface area (Å²) in [4.78, 5) is 61.4. The number of hydrogen-bond donors (Lipinski definition) is 3. The molecular formula is C35H41N5O9S. The summed E-state index contributed by atoms with van der Waals surface area (Å²) in [7, 11) is -3.91. The molecule has 6 rings (SSSR count). The SMILES string of the molecule is C=C[C@@H]1C[C@@]1(NC(=O)[C@@H]1C[C@@H](ON=C2c3ccccc3-c3ccccc32)CN1C(=O)[C@@H](C(C)C)N(O)C(=O)OCC)C(=O)NS(=O)(=O)C1CC1. The Morgan fingerprint density at radius 1 is 1.08 bits per heavy atom. The number of benzene rings is 2. The van der Waals surface area contributed by atoms with Crippen LogP contribution in [0.4, 0.5) is 4.79 Å². The molecular weight excluding hydrogens is 666 g/mol. The summed E-state index contributed by atoms with van der Waals surface area (Å²) in [5, 5.41) is 17.6. The average molecular weight is 708 g/mol. The lowest BCUT2D eigenvalue weighted by Crippen LogP contribution is -2.59. The molecule has 4 aliphatic rings. The van der Waals surface area contributed by atoms with E-state index < -0.39 is 74.7 Å². The van der Waals surface area contributed by atoms with Crippen LogP contribution in [0.5, 0.6) is 0 Å². The lowest BCUT2D eigenvalue weighted by molar-refractivity contribution is -0.162. The first-order valence-electron chi connectivity index (χ1n) is 16.7. The third kappa shape index (κ3) is 6.47. The number of hydroxylamine groups is 2. The smallest absolute Gasteiger partial charge is 0.434 e. The van der Waals surface area contributed by atoms with Crippen LogP contribution in [0.3, 0.4) is 0 Å². The maximum atomic E-state index is 14.2. The van der Waals surface area contributed by atoms with E-state index in [9.17, 15) is 32.8 Å². The molecule has 0 radical (unpaired) electrons. The van der Waals surface area contributed by atoms with E-state index in [-0.39, 0.29) is 31.1 Å². The van der Waals surface area contributed by atoms with Crippen LogP contribution < -0.4 is 10.0 Å². The number of nitrogens with one attached hydrogen (secondary N) is 2. The number of rotatable bonds is 12. The van der Waals surface area contributed by atoms with Crippen molar-refractivity contribution in [1.82, 2.24) is 20.0 Å². The van der Waals surface area contributed by atoms with Crippen LogP contribution in [0, 0.1) is 11.8 Å². The molecule has 1 heterocycles. The van der Waals surface area contributed by atoms with Gasteiger partial charge < -0.3 is 19.8 Å². The minimum atomic E-state index is -3.91. The first-order chi connectivity index (χ1) is 23.8. The third-order valence-electron chi connectivity index (χ3n) is 9.65. The van der Waals surface area contributed by atoms with E-state index in [4.69, 9.17) is 9.57 Å². The summed E-state index contributed by atoms with van der Waals surface area (Å²) in [6, 6.07) is 12.8. The lowest BCUT2D eigenvalue weighted by Gasteiger charge is -2.33. The molecule has 4 amide bonds. The van der Waals surface area contributed by atoms with Gasteiger partial charge in [-0.3, -0.25) is 24.3 Å². The molecule has 3 fully saturated rings. The van der Waals surface area contributed by atoms with Gasteiger partial charge in [0.25, 0.3) is 5.91 Å². The van der Waals surface area contributed by atoms with E-state index in [0.29, 0.717) is 18.6 Å². The highest BCUT2D eigenvalue weighted by molar-refractivity contribution is 7.91. The number of nitrogens with zero attached hydrogens (tertiary/aromatic N) is 3. The first kappa shape index (κ1) is 35.1. The Hall–Kier alpha value is -4.76. The number of ether oxygens (including phenoxy) is 1. The highest BCUT2D eigenvalue weighted by Crippen LogP contribution is 2.45. The summed E-state index contributed by atoms with van der Waals surface area (Å²) in [5.41, 5.74) is 2.69. The number of oxime groups is 1. The molecule has 2 saturated carbocycles. The van der Waals surface area contributed by atoms with Crippen molar-refractivity contribution < 1.29 is 42.4 Å². The van der Waals surface area contributed by atoms with Crippen LogP contribution in [0.1, 0.15) is 57.6 Å². The Balaban J connectivity index is 1.28. The summed E-state index contributed by atoms with van der Waals surface area (Å²) in [6.45, 7) is 8.36. The van der Waals surface area contributed by atoms with Crippen molar-refractivity contribution in [2.45, 2.75) is 75.4 Å². The Morgan fingerprint density at radius 2 is 1.68 bits per heavy atom. The maximum absolute atomic E-state index is 14.2. The normalized spacial score (nSPS) is 24.1. The zero-order chi connectivity index (χ0) is 36.0. The third-order valence-corrected chi connectivity index (χ3v) is 11.5. The van der Waals surface area contributed by atoms with Gasteiger partial charge in [-0.2, -0.15) is 5.06 Å². The Morgan fingerprint density at radius 3 is 2.20 bits per heavy atom. The summed E-state index contributed by atoms with van der Waals surface area (Å²) >= 11 is 0. The van der Waals surface area contributed by atoms with E-state index in [2.05, 4.69) is 21.8 Å². The van der Waals surface area contributed by atoms with Gasteiger partial charge in [-0.05, 0) is 43.2 Å². The molecule has 3 N–H and O–H groups in total. The molecule has 0 unspecified atom stereocenters. The van der Waals surface area contributed by atoms with Crippen LogP contribution in [0.25, 0.3) is 11.1 Å². The van der Waals surface area contributed by atoms with Gasteiger partial charge in [-0.1, -0.05) is 73.6 Å². The molecule has 15 heteroatoms. The molecule has 1 aliphatic heterocycles. The fourth-order valence-electron chi connectivity index (χ4n) is 6.75. The molecule has 2 aromatic rings. The van der Waals surface area contributed by atoms with Crippen molar-refractivity contribution >= 4 is 39.5 Å². The number of amides is 4. The number of fused-ring (bicyclic) bond motifs is 3. The quantitative estimate of drug-likeness (QED) is 0.145. The highest BCUT2D eigenvalue weighted by atomic mass is 32.2. The van der Waals surface area contributed by atoms with Crippen molar-refractivity contribution in [3.8, 4) is 11.1 Å². The summed E-state index contributed by atoms with van der Waals surface area (Å²) < 4.78 is 32.3. The minimum Gasteiger partial charge on any atom is -0.448 e. The minimum absolute atomic E-state index is 0.0444. The van der Waals surface area contributed by atoms with Gasteiger partial charge in [0.1, 0.15) is 29.4 Å². The zero-order valence-corrected chi connectivity index (χ0v) is 28.9. The van der Waals surface area contributed by atoms with Crippen molar-refractivity contribution in [2.24, 2.45) is 17.0 Å². The second-order valence-corrected chi connectivity index (χ2v) is 15.4. The Kier molecular flexibility index (Phi) is 9.48. The van der Waals surface area contributed by atoms with Crippen LogP contribution in [-0.2, 0) is 34.0 Å². The zero-order valence-electron chi connectivity index (χ0n) is 28.1. The number of likely N-dealkylation sites (tertiary alicyclic amines) is 1. The standard InChI is InChI=1S/C35H41N5O9S/c1-5-21-18-35(21,33(43)38-50(46,47)23-15-16-23)36-31(41)28-17-22(19-39(28)32(42)30(20(3)4)40(45)34(44)48-6-2)49-37-29-26-13-9-7-11-24(26)25-12-8-10-14-27(25)29/h5,7-14,20-23,28,30,45H,1,6,15-19H2,2-4H3,(H,36,41)(H,38,43)/t21-,22-,28+,30-,35+/m1/s1. The van der Waals surface area contributed by atoms with E-state index >= 15 is 0 Å². The number of carbonyl (C=O) groups is 4. The monoisotopic (exact) mass is 707 g/mol. The van der Waals surface area contributed by atoms with E-state index in [0.717, 1.165) is 22.3 Å². The van der Waals surface area contributed by atoms with Gasteiger partial charge in [0.2, 0.25) is 21.8 Å². The molecule has 3 aliphatic carbocycles. The first-order valence-corrected chi connectivity index (χ1v) is 18.3. The largest absolute Gasteiger partial charge is 0.448 e. The molecule has 50 heavy (non-hydrogen) atoms. The van der Waals surface area contributed by atoms with Crippen molar-refractivity contribution in [3.63, 3.8) is 0 Å². The molecule has 1 saturated heterocycles. The summed E-state index contributed by atoms with van der Waals surface area (Å²) in [6.07, 6.45) is 0.487. The van der Waals surface area contributed by atoms with Gasteiger partial charge in [0.05, 0.1) is 18.4 Å². The molecule has 5 atom stereocenters. The Labute approximate surface area is 290 Å². The van der Waals surface area contributed by atoms with Crippen molar-refractivity contribution in [2.75, 3.05) is 13.2 Å². The molecule has 0 spiro atoms. The van der Waals surface area contributed by atoms with Gasteiger partial charge in [0.15, 0.2) is 0 Å². The van der Waals surface area contributed by atoms with Crippen LogP contribution >= 0.6 is 0 Å². The van der Waals surface area contributed by atoms with E-state index in [1.807, 2.05) is 48.5 Å². The molecule has 14 nitrogen and oxygen atoms in total. The number of carbonyl (C=O) groups excluding carboxylic acids is 4. The average Bonchev–Trinajstić information content (AvgIpc) is 4.00. The van der Waals surface area contributed by atoms with Crippen molar-refractivity contribution in [1.29, 1.82) is 0 Å². The lowest BCUT2D eigenvalue weighted by atomic mass is 10.0. The fraction of sp³-hybridized carbons (Fsp3) is 0.457. The van der Waals surface area contributed by atoms with E-state index in [1.165, 1.54) is 11.0 Å². The highest BCUT2D eigenvalue weighted by Gasteiger charge is 2.62. The van der Waals surface area contributed by atoms with Gasteiger partial charge >= 0.3 is 6.09 Å². The number of hydrogen-bond acceptors (Lipinski definition) is 10. The van der Waals surface area contributed by atoms with Crippen molar-refractivity contribution in [3.05, 3.63) is 72.3 Å². The van der Waals surface area contributed by atoms with Crippen LogP contribution in [0.2, 0.25) is 0 Å². The second kappa shape index (κ2) is 13.5. The van der Waals surface area contributed by atoms with Gasteiger partial charge in [0, 0.05) is 23.5 Å². The molecule has 0 bridgehead atoms. The molecule has 0 aromatic heterocycles. The topological polar surface area (TPSA) is 184 Å². The Bertz CT molecular complexity index is 1810. The fourth-order valence-corrected chi connectivity index (χ4v) is 8.11. The van der Waals surface area contributed by atoms with E-state index in [1.54, 1.807) is 20.8 Å². The van der Waals surface area contributed by atoms with Gasteiger partial charge in [-0.15, -0.1) is 6.58 Å². The second-order valence-electron chi connectivity index (χ2n) is 13.4. The summed E-state index contributed by atoms with van der Waals surface area (Å²) in [5.74, 6) is -3.52. The van der Waals surface area contributed by atoms with Crippen LogP contribution in [0.15, 0.2) is 66.3 Å². The maximum Gasteiger partial charge on any atom is 0.434 e. The predicted molar refractivity (Wildman–Crippen MR) is 181 cm³/mol. The number of sulfonamides is 1. The molecule has 266 valence electrons. The predicted octanol–water partition coefficient (Wildman–Crippen LogP) is 2.95. The van der Waals surface area contributed by atoms with Crippen LogP contribution in [-0.4, -0.2) is 95.2 Å². The molecule has 2 aromatic carbocycles.